The van der Waals surface area contributed by atoms with Gasteiger partial charge in [-0.15, -0.1) is 0 Å². The molecule has 2 atom stereocenters. The first-order valence-electron chi connectivity index (χ1n) is 9.41. The molecule has 0 bridgehead atoms. The standard InChI is InChI=1S/C20H23FN2O4/c21-13-1-2-17-14(9-13)15(10-19(24)22-17)20(25)23-18-5-8-27-11-16(18)12-3-6-26-7-4-12/h1-2,9-10,12,16,18H,3-8,11H2,(H,22,24)(H,23,25)/t16-,18-/m0/s1. The van der Waals surface area contributed by atoms with E-state index in [0.717, 1.165) is 32.5 Å². The second kappa shape index (κ2) is 7.78. The number of halogens is 1. The zero-order valence-corrected chi connectivity index (χ0v) is 15.0. The Hall–Kier alpha value is -2.25. The molecule has 2 aliphatic heterocycles. The largest absolute Gasteiger partial charge is 0.381 e. The lowest BCUT2D eigenvalue weighted by atomic mass is 9.79. The molecule has 1 aromatic carbocycles. The van der Waals surface area contributed by atoms with E-state index in [1.807, 2.05) is 0 Å². The van der Waals surface area contributed by atoms with Gasteiger partial charge in [0.05, 0.1) is 12.2 Å². The summed E-state index contributed by atoms with van der Waals surface area (Å²) < 4.78 is 24.8. The van der Waals surface area contributed by atoms with Crippen LogP contribution in [0.4, 0.5) is 4.39 Å². The second-order valence-corrected chi connectivity index (χ2v) is 7.29. The quantitative estimate of drug-likeness (QED) is 0.863. The van der Waals surface area contributed by atoms with Gasteiger partial charge >= 0.3 is 0 Å². The number of hydrogen-bond donors (Lipinski definition) is 2. The smallest absolute Gasteiger partial charge is 0.252 e. The second-order valence-electron chi connectivity index (χ2n) is 7.29. The van der Waals surface area contributed by atoms with Crippen LogP contribution in [0.1, 0.15) is 29.6 Å². The molecular formula is C20H23FN2O4. The zero-order chi connectivity index (χ0) is 18.8. The van der Waals surface area contributed by atoms with Gasteiger partial charge in [0.25, 0.3) is 5.91 Å². The molecule has 2 saturated heterocycles. The van der Waals surface area contributed by atoms with Crippen LogP contribution in [0.5, 0.6) is 0 Å². The number of benzene rings is 1. The highest BCUT2D eigenvalue weighted by molar-refractivity contribution is 6.06. The summed E-state index contributed by atoms with van der Waals surface area (Å²) >= 11 is 0. The molecule has 0 unspecified atom stereocenters. The highest BCUT2D eigenvalue weighted by atomic mass is 19.1. The van der Waals surface area contributed by atoms with Crippen LogP contribution in [-0.4, -0.2) is 43.4 Å². The predicted octanol–water partition coefficient (Wildman–Crippen LogP) is 2.23. The lowest BCUT2D eigenvalue weighted by Crippen LogP contribution is -2.49. The van der Waals surface area contributed by atoms with Gasteiger partial charge in [-0.05, 0) is 43.4 Å². The topological polar surface area (TPSA) is 80.4 Å². The fourth-order valence-corrected chi connectivity index (χ4v) is 4.21. The predicted molar refractivity (Wildman–Crippen MR) is 98.2 cm³/mol. The van der Waals surface area contributed by atoms with E-state index in [4.69, 9.17) is 9.47 Å². The molecular weight excluding hydrogens is 351 g/mol. The Morgan fingerprint density at radius 1 is 1.11 bits per heavy atom. The fourth-order valence-electron chi connectivity index (χ4n) is 4.21. The summed E-state index contributed by atoms with van der Waals surface area (Å²) in [6, 6.07) is 5.22. The molecule has 2 N–H and O–H groups in total. The van der Waals surface area contributed by atoms with Gasteiger partial charge in [0.1, 0.15) is 5.82 Å². The van der Waals surface area contributed by atoms with Crippen LogP contribution in [-0.2, 0) is 9.47 Å². The number of aromatic nitrogens is 1. The summed E-state index contributed by atoms with van der Waals surface area (Å²) in [5.41, 5.74) is 0.264. The van der Waals surface area contributed by atoms with Crippen molar-refractivity contribution in [2.45, 2.75) is 25.3 Å². The molecule has 1 aromatic heterocycles. The Morgan fingerprint density at radius 3 is 2.70 bits per heavy atom. The van der Waals surface area contributed by atoms with Crippen molar-refractivity contribution in [3.8, 4) is 0 Å². The molecule has 0 saturated carbocycles. The summed E-state index contributed by atoms with van der Waals surface area (Å²) in [6.45, 7) is 2.68. The Labute approximate surface area is 156 Å². The number of amides is 1. The molecule has 4 rings (SSSR count). The van der Waals surface area contributed by atoms with E-state index in [-0.39, 0.29) is 29.0 Å². The maximum Gasteiger partial charge on any atom is 0.252 e. The Balaban J connectivity index is 1.60. The molecule has 27 heavy (non-hydrogen) atoms. The van der Waals surface area contributed by atoms with Crippen molar-refractivity contribution in [3.63, 3.8) is 0 Å². The zero-order valence-electron chi connectivity index (χ0n) is 15.0. The van der Waals surface area contributed by atoms with Crippen molar-refractivity contribution in [2.75, 3.05) is 26.4 Å². The van der Waals surface area contributed by atoms with Crippen LogP contribution in [0, 0.1) is 17.7 Å². The highest BCUT2D eigenvalue weighted by Crippen LogP contribution is 2.30. The van der Waals surface area contributed by atoms with Gasteiger partial charge in [-0.1, -0.05) is 0 Å². The van der Waals surface area contributed by atoms with Gasteiger partial charge in [-0.3, -0.25) is 9.59 Å². The maximum absolute atomic E-state index is 13.7. The SMILES string of the molecule is O=C(N[C@H]1CCOC[C@H]1C1CCOCC1)c1cc(=O)[nH]c2ccc(F)cc12. The van der Waals surface area contributed by atoms with Crippen LogP contribution in [0.15, 0.2) is 29.1 Å². The number of hydrogen-bond acceptors (Lipinski definition) is 4. The van der Waals surface area contributed by atoms with Gasteiger partial charge in [0, 0.05) is 48.7 Å². The van der Waals surface area contributed by atoms with Crippen molar-refractivity contribution in [2.24, 2.45) is 11.8 Å². The van der Waals surface area contributed by atoms with Gasteiger partial charge < -0.3 is 19.8 Å². The molecule has 2 aromatic rings. The Bertz CT molecular complexity index is 891. The van der Waals surface area contributed by atoms with Crippen molar-refractivity contribution in [1.29, 1.82) is 0 Å². The molecule has 2 aliphatic rings. The van der Waals surface area contributed by atoms with E-state index in [2.05, 4.69) is 10.3 Å². The van der Waals surface area contributed by atoms with Gasteiger partial charge in [-0.25, -0.2) is 4.39 Å². The van der Waals surface area contributed by atoms with Gasteiger partial charge in [0.2, 0.25) is 5.56 Å². The number of nitrogens with one attached hydrogen (secondary N) is 2. The van der Waals surface area contributed by atoms with Crippen LogP contribution in [0.2, 0.25) is 0 Å². The van der Waals surface area contributed by atoms with Crippen LogP contribution >= 0.6 is 0 Å². The van der Waals surface area contributed by atoms with E-state index in [0.29, 0.717) is 30.0 Å². The number of H-pyrrole nitrogens is 1. The Kier molecular flexibility index (Phi) is 5.22. The summed E-state index contributed by atoms with van der Waals surface area (Å²) in [6.07, 6.45) is 2.64. The van der Waals surface area contributed by atoms with Crippen molar-refractivity contribution < 1.29 is 18.7 Å². The lowest BCUT2D eigenvalue weighted by molar-refractivity contribution is -0.0259. The van der Waals surface area contributed by atoms with E-state index >= 15 is 0 Å². The highest BCUT2D eigenvalue weighted by Gasteiger charge is 2.34. The number of carbonyl (C=O) groups is 1. The number of fused-ring (bicyclic) bond motifs is 1. The lowest BCUT2D eigenvalue weighted by Gasteiger charge is -2.39. The molecule has 3 heterocycles. The van der Waals surface area contributed by atoms with Crippen LogP contribution in [0.25, 0.3) is 10.9 Å². The third kappa shape index (κ3) is 3.89. The molecule has 144 valence electrons. The van der Waals surface area contributed by atoms with E-state index in [9.17, 15) is 14.0 Å². The number of pyridine rings is 1. The summed E-state index contributed by atoms with van der Waals surface area (Å²) in [4.78, 5) is 27.5. The van der Waals surface area contributed by atoms with Gasteiger partial charge in [0.15, 0.2) is 0 Å². The maximum atomic E-state index is 13.7. The first-order chi connectivity index (χ1) is 13.1. The summed E-state index contributed by atoms with van der Waals surface area (Å²) in [5.74, 6) is -0.135. The van der Waals surface area contributed by atoms with Crippen LogP contribution < -0.4 is 10.9 Å². The van der Waals surface area contributed by atoms with E-state index < -0.39 is 5.82 Å². The first-order valence-corrected chi connectivity index (χ1v) is 9.41. The van der Waals surface area contributed by atoms with Crippen molar-refractivity contribution in [3.05, 3.63) is 46.0 Å². The molecule has 0 aliphatic carbocycles. The summed E-state index contributed by atoms with van der Waals surface area (Å²) in [5, 5.41) is 3.49. The molecule has 1 amide bonds. The summed E-state index contributed by atoms with van der Waals surface area (Å²) in [7, 11) is 0. The average Bonchev–Trinajstić information content (AvgIpc) is 2.69. The van der Waals surface area contributed by atoms with Gasteiger partial charge in [-0.2, -0.15) is 0 Å². The molecule has 6 nitrogen and oxygen atoms in total. The van der Waals surface area contributed by atoms with E-state index in [1.54, 1.807) is 0 Å². The Morgan fingerprint density at radius 2 is 1.89 bits per heavy atom. The molecule has 7 heteroatoms. The third-order valence-electron chi connectivity index (χ3n) is 5.64. The van der Waals surface area contributed by atoms with Crippen molar-refractivity contribution >= 4 is 16.8 Å². The number of rotatable bonds is 3. The minimum absolute atomic E-state index is 0.0303. The fraction of sp³-hybridized carbons (Fsp3) is 0.500. The number of ether oxygens (including phenoxy) is 2. The number of carbonyl (C=O) groups excluding carboxylic acids is 1. The third-order valence-corrected chi connectivity index (χ3v) is 5.64. The average molecular weight is 374 g/mol. The van der Waals surface area contributed by atoms with Crippen molar-refractivity contribution in [1.82, 2.24) is 10.3 Å². The minimum atomic E-state index is -0.449. The normalized spacial score (nSPS) is 24.0. The minimum Gasteiger partial charge on any atom is -0.381 e. The first kappa shape index (κ1) is 18.1. The molecule has 0 radical (unpaired) electrons. The monoisotopic (exact) mass is 374 g/mol. The van der Waals surface area contributed by atoms with Crippen LogP contribution in [0.3, 0.4) is 0 Å². The van der Waals surface area contributed by atoms with E-state index in [1.165, 1.54) is 24.3 Å². The molecule has 2 fully saturated rings. The number of aromatic amines is 1. The molecule has 0 spiro atoms.